The van der Waals surface area contributed by atoms with Crippen LogP contribution in [0.4, 0.5) is 0 Å². The molecule has 1 rings (SSSR count). The smallest absolute Gasteiger partial charge is 0.101 e. The van der Waals surface area contributed by atoms with Gasteiger partial charge in [-0.3, -0.25) is 0 Å². The molecular formula is C36H72N2. The summed E-state index contributed by atoms with van der Waals surface area (Å²) in [5.41, 5.74) is 0. The Bertz CT molecular complexity index is 488. The highest BCUT2D eigenvalue weighted by Crippen LogP contribution is 2.24. The Morgan fingerprint density at radius 3 is 0.974 bits per heavy atom. The molecule has 1 atom stereocenters. The van der Waals surface area contributed by atoms with E-state index in [0.717, 1.165) is 0 Å². The van der Waals surface area contributed by atoms with E-state index in [0.29, 0.717) is 6.17 Å². The first kappa shape index (κ1) is 35.4. The van der Waals surface area contributed by atoms with Crippen LogP contribution in [0.3, 0.4) is 0 Å². The molecule has 0 bridgehead atoms. The Morgan fingerprint density at radius 2 is 0.605 bits per heavy atom. The van der Waals surface area contributed by atoms with E-state index in [9.17, 15) is 0 Å². The largest absolute Gasteiger partial charge is 0.356 e. The second-order valence-electron chi connectivity index (χ2n) is 12.5. The SMILES string of the molecule is CCCCCCCCCCCCCCCCCN1C=CN(CCCCC)C1CCCCCCCCCCC. The Hall–Kier alpha value is -0.660. The van der Waals surface area contributed by atoms with Gasteiger partial charge in [0, 0.05) is 25.5 Å². The maximum Gasteiger partial charge on any atom is 0.101 e. The Balaban J connectivity index is 2.08. The minimum atomic E-state index is 0.642. The Kier molecular flexibility index (Phi) is 26.0. The van der Waals surface area contributed by atoms with Crippen molar-refractivity contribution in [3.05, 3.63) is 12.4 Å². The van der Waals surface area contributed by atoms with Crippen LogP contribution in [0.5, 0.6) is 0 Å². The van der Waals surface area contributed by atoms with Crippen molar-refractivity contribution in [2.75, 3.05) is 13.1 Å². The lowest BCUT2D eigenvalue weighted by Crippen LogP contribution is -2.39. The summed E-state index contributed by atoms with van der Waals surface area (Å²) in [6.07, 6.45) is 45.5. The third kappa shape index (κ3) is 20.3. The van der Waals surface area contributed by atoms with Gasteiger partial charge in [0.2, 0.25) is 0 Å². The molecule has 1 aliphatic rings. The van der Waals surface area contributed by atoms with Gasteiger partial charge in [-0.25, -0.2) is 0 Å². The summed E-state index contributed by atoms with van der Waals surface area (Å²) in [5, 5.41) is 0. The van der Waals surface area contributed by atoms with Crippen LogP contribution in [0.15, 0.2) is 12.4 Å². The topological polar surface area (TPSA) is 6.48 Å². The quantitative estimate of drug-likeness (QED) is 0.0848. The van der Waals surface area contributed by atoms with Crippen molar-refractivity contribution in [1.29, 1.82) is 0 Å². The van der Waals surface area contributed by atoms with E-state index in [-0.39, 0.29) is 0 Å². The molecule has 0 saturated heterocycles. The van der Waals surface area contributed by atoms with E-state index in [2.05, 4.69) is 43.0 Å². The number of hydrogen-bond donors (Lipinski definition) is 0. The van der Waals surface area contributed by atoms with Crippen molar-refractivity contribution in [3.8, 4) is 0 Å². The molecule has 0 saturated carbocycles. The van der Waals surface area contributed by atoms with Crippen molar-refractivity contribution in [2.24, 2.45) is 0 Å². The maximum atomic E-state index is 2.69. The number of hydrogen-bond acceptors (Lipinski definition) is 2. The third-order valence-corrected chi connectivity index (χ3v) is 8.82. The zero-order chi connectivity index (χ0) is 27.4. The molecule has 0 radical (unpaired) electrons. The summed E-state index contributed by atoms with van der Waals surface area (Å²) in [5.74, 6) is 0. The first-order chi connectivity index (χ1) is 18.8. The summed E-state index contributed by atoms with van der Waals surface area (Å²) < 4.78 is 0. The summed E-state index contributed by atoms with van der Waals surface area (Å²) in [6.45, 7) is 9.46. The van der Waals surface area contributed by atoms with E-state index < -0.39 is 0 Å². The molecule has 0 aromatic heterocycles. The van der Waals surface area contributed by atoms with Gasteiger partial charge in [-0.2, -0.15) is 0 Å². The highest BCUT2D eigenvalue weighted by molar-refractivity contribution is 4.97. The fourth-order valence-electron chi connectivity index (χ4n) is 6.19. The van der Waals surface area contributed by atoms with E-state index >= 15 is 0 Å². The van der Waals surface area contributed by atoms with Crippen LogP contribution in [0.2, 0.25) is 0 Å². The van der Waals surface area contributed by atoms with Gasteiger partial charge in [-0.1, -0.05) is 175 Å². The van der Waals surface area contributed by atoms with Crippen LogP contribution in [-0.4, -0.2) is 29.1 Å². The van der Waals surface area contributed by atoms with Gasteiger partial charge in [-0.05, 0) is 25.7 Å². The lowest BCUT2D eigenvalue weighted by atomic mass is 10.0. The lowest BCUT2D eigenvalue weighted by molar-refractivity contribution is 0.135. The highest BCUT2D eigenvalue weighted by atomic mass is 15.4. The van der Waals surface area contributed by atoms with Crippen molar-refractivity contribution in [3.63, 3.8) is 0 Å². The standard InChI is InChI=1S/C36H72N2/c1-4-7-10-12-14-16-17-18-19-20-21-23-25-27-30-33-38-35-34-37(32-29-9-6-3)36(38)31-28-26-24-22-15-13-11-8-5-2/h34-36H,4-33H2,1-3H3. The molecule has 0 fully saturated rings. The molecule has 0 N–H and O–H groups in total. The van der Waals surface area contributed by atoms with E-state index in [1.54, 1.807) is 0 Å². The molecule has 0 spiro atoms. The molecule has 0 amide bonds. The normalized spacial score (nSPS) is 15.3. The van der Waals surface area contributed by atoms with Crippen LogP contribution in [0, 0.1) is 0 Å². The summed E-state index contributed by atoms with van der Waals surface area (Å²) >= 11 is 0. The summed E-state index contributed by atoms with van der Waals surface area (Å²) in [4.78, 5) is 5.37. The lowest BCUT2D eigenvalue weighted by Gasteiger charge is -2.33. The van der Waals surface area contributed by atoms with Crippen molar-refractivity contribution in [2.45, 2.75) is 207 Å². The molecule has 2 nitrogen and oxygen atoms in total. The molecule has 0 aromatic rings. The fraction of sp³-hybridized carbons (Fsp3) is 0.944. The maximum absolute atomic E-state index is 2.69. The van der Waals surface area contributed by atoms with E-state index in [1.807, 2.05) is 0 Å². The molecule has 1 aliphatic heterocycles. The molecule has 1 unspecified atom stereocenters. The molecular weight excluding hydrogens is 460 g/mol. The van der Waals surface area contributed by atoms with Gasteiger partial charge in [-0.15, -0.1) is 0 Å². The summed E-state index contributed by atoms with van der Waals surface area (Å²) in [7, 11) is 0. The Morgan fingerprint density at radius 1 is 0.342 bits per heavy atom. The number of nitrogens with zero attached hydrogens (tertiary/aromatic N) is 2. The van der Waals surface area contributed by atoms with Gasteiger partial charge in [0.05, 0.1) is 0 Å². The second-order valence-corrected chi connectivity index (χ2v) is 12.5. The van der Waals surface area contributed by atoms with Crippen LogP contribution in [-0.2, 0) is 0 Å². The van der Waals surface area contributed by atoms with Crippen molar-refractivity contribution >= 4 is 0 Å². The summed E-state index contributed by atoms with van der Waals surface area (Å²) in [6, 6.07) is 0. The van der Waals surface area contributed by atoms with Crippen LogP contribution >= 0.6 is 0 Å². The van der Waals surface area contributed by atoms with Crippen molar-refractivity contribution < 1.29 is 0 Å². The van der Waals surface area contributed by atoms with Gasteiger partial charge in [0.25, 0.3) is 0 Å². The minimum Gasteiger partial charge on any atom is -0.356 e. The first-order valence-electron chi connectivity index (χ1n) is 18.0. The monoisotopic (exact) mass is 533 g/mol. The van der Waals surface area contributed by atoms with E-state index in [1.165, 1.54) is 193 Å². The average Bonchev–Trinajstić information content (AvgIpc) is 3.31. The molecule has 0 aliphatic carbocycles. The molecule has 0 aromatic carbocycles. The first-order valence-corrected chi connectivity index (χ1v) is 18.0. The predicted molar refractivity (Wildman–Crippen MR) is 173 cm³/mol. The van der Waals surface area contributed by atoms with Crippen molar-refractivity contribution in [1.82, 2.24) is 9.80 Å². The van der Waals surface area contributed by atoms with Gasteiger partial charge < -0.3 is 9.80 Å². The third-order valence-electron chi connectivity index (χ3n) is 8.82. The molecule has 1 heterocycles. The van der Waals surface area contributed by atoms with E-state index in [4.69, 9.17) is 0 Å². The predicted octanol–water partition coefficient (Wildman–Crippen LogP) is 12.4. The molecule has 2 heteroatoms. The van der Waals surface area contributed by atoms with Gasteiger partial charge in [0.1, 0.15) is 6.17 Å². The minimum absolute atomic E-state index is 0.642. The number of unbranched alkanes of at least 4 members (excludes halogenated alkanes) is 24. The van der Waals surface area contributed by atoms with Crippen LogP contribution in [0.1, 0.15) is 201 Å². The van der Waals surface area contributed by atoms with Crippen LogP contribution in [0.25, 0.3) is 0 Å². The van der Waals surface area contributed by atoms with Gasteiger partial charge >= 0.3 is 0 Å². The van der Waals surface area contributed by atoms with Gasteiger partial charge in [0.15, 0.2) is 0 Å². The average molecular weight is 533 g/mol. The molecule has 38 heavy (non-hydrogen) atoms. The van der Waals surface area contributed by atoms with Crippen LogP contribution < -0.4 is 0 Å². The second kappa shape index (κ2) is 27.9. The Labute approximate surface area is 241 Å². The zero-order valence-electron chi connectivity index (χ0n) is 26.8. The fourth-order valence-corrected chi connectivity index (χ4v) is 6.19. The highest BCUT2D eigenvalue weighted by Gasteiger charge is 2.24. The number of rotatable bonds is 30. The zero-order valence-corrected chi connectivity index (χ0v) is 26.8. The molecule has 226 valence electrons.